The molecule has 0 unspecified atom stereocenters. The molecule has 1 fully saturated rings. The van der Waals surface area contributed by atoms with Crippen LogP contribution in [0.25, 0.3) is 0 Å². The van der Waals surface area contributed by atoms with Gasteiger partial charge in [-0.3, -0.25) is 0 Å². The van der Waals surface area contributed by atoms with Gasteiger partial charge in [-0.1, -0.05) is 24.3 Å². The summed E-state index contributed by atoms with van der Waals surface area (Å²) in [5.74, 6) is 0.103. The molecular weight excluding hydrogens is 320 g/mol. The zero-order chi connectivity index (χ0) is 17.3. The number of hydrogen-bond acceptors (Lipinski definition) is 2. The van der Waals surface area contributed by atoms with Crippen molar-refractivity contribution in [3.63, 3.8) is 0 Å². The Bertz CT molecular complexity index is 796. The van der Waals surface area contributed by atoms with Crippen molar-refractivity contribution in [2.45, 2.75) is 45.4 Å². The first-order chi connectivity index (χ1) is 11.4. The number of rotatable bonds is 4. The minimum Gasteiger partial charge on any atom is -0.346 e. The number of aromatic nitrogens is 1. The van der Waals surface area contributed by atoms with Crippen LogP contribution in [0.3, 0.4) is 0 Å². The van der Waals surface area contributed by atoms with E-state index in [1.807, 2.05) is 31.2 Å². The van der Waals surface area contributed by atoms with Gasteiger partial charge in [0.25, 0.3) is 0 Å². The number of hydrogen-bond donors (Lipinski definition) is 0. The average molecular weight is 346 g/mol. The first-order valence-electron chi connectivity index (χ1n) is 8.55. The van der Waals surface area contributed by atoms with Crippen LogP contribution in [0.15, 0.2) is 36.4 Å². The predicted molar refractivity (Wildman–Crippen MR) is 97.6 cm³/mol. The van der Waals surface area contributed by atoms with Crippen molar-refractivity contribution in [3.05, 3.63) is 58.9 Å². The van der Waals surface area contributed by atoms with Gasteiger partial charge in [0.05, 0.1) is 5.75 Å². The quantitative estimate of drug-likeness (QED) is 0.849. The summed E-state index contributed by atoms with van der Waals surface area (Å²) in [7, 11) is -3.25. The normalized spacial score (nSPS) is 17.3. The predicted octanol–water partition coefficient (Wildman–Crippen LogP) is 3.58. The molecule has 0 saturated carbocycles. The third-order valence-corrected chi connectivity index (χ3v) is 6.93. The lowest BCUT2D eigenvalue weighted by Gasteiger charge is -2.33. The highest BCUT2D eigenvalue weighted by atomic mass is 32.2. The van der Waals surface area contributed by atoms with E-state index in [1.54, 1.807) is 4.31 Å². The molecule has 24 heavy (non-hydrogen) atoms. The molecule has 0 aliphatic carbocycles. The molecule has 1 aromatic carbocycles. The third-order valence-electron chi connectivity index (χ3n) is 5.11. The molecule has 2 heterocycles. The molecule has 0 atom stereocenters. The van der Waals surface area contributed by atoms with Crippen LogP contribution in [0.4, 0.5) is 0 Å². The van der Waals surface area contributed by atoms with Crippen molar-refractivity contribution in [1.82, 2.24) is 8.87 Å². The van der Waals surface area contributed by atoms with Crippen LogP contribution in [0, 0.1) is 20.8 Å². The molecule has 0 bridgehead atoms. The summed E-state index contributed by atoms with van der Waals surface area (Å²) in [6.45, 7) is 7.42. The maximum absolute atomic E-state index is 12.8. The molecular formula is C19H26N2O2S. The zero-order valence-corrected chi connectivity index (χ0v) is 15.5. The zero-order valence-electron chi connectivity index (χ0n) is 14.7. The summed E-state index contributed by atoms with van der Waals surface area (Å²) in [4.78, 5) is 0. The molecule has 1 saturated heterocycles. The summed E-state index contributed by atoms with van der Waals surface area (Å²) < 4.78 is 29.5. The highest BCUT2D eigenvalue weighted by Gasteiger charge is 2.29. The van der Waals surface area contributed by atoms with Crippen molar-refractivity contribution in [2.75, 3.05) is 13.1 Å². The molecule has 0 spiro atoms. The molecule has 1 aromatic heterocycles. The summed E-state index contributed by atoms with van der Waals surface area (Å²) >= 11 is 0. The Kier molecular flexibility index (Phi) is 4.83. The summed E-state index contributed by atoms with van der Waals surface area (Å²) in [5, 5.41) is 0. The Balaban J connectivity index is 1.69. The SMILES string of the molecule is Cc1ccccc1CS(=O)(=O)N1CCC(n2c(C)ccc2C)CC1. The van der Waals surface area contributed by atoms with Crippen LogP contribution in [0.1, 0.15) is 41.4 Å². The minimum atomic E-state index is -3.25. The highest BCUT2D eigenvalue weighted by Crippen LogP contribution is 2.28. The van der Waals surface area contributed by atoms with E-state index in [2.05, 4.69) is 30.5 Å². The Morgan fingerprint density at radius 3 is 2.12 bits per heavy atom. The van der Waals surface area contributed by atoms with E-state index in [1.165, 1.54) is 11.4 Å². The summed E-state index contributed by atoms with van der Waals surface area (Å²) in [6.07, 6.45) is 1.76. The Morgan fingerprint density at radius 2 is 1.54 bits per heavy atom. The summed E-state index contributed by atoms with van der Waals surface area (Å²) in [6, 6.07) is 12.4. The lowest BCUT2D eigenvalue weighted by Crippen LogP contribution is -2.40. The van der Waals surface area contributed by atoms with E-state index in [0.717, 1.165) is 24.0 Å². The van der Waals surface area contributed by atoms with Crippen molar-refractivity contribution in [3.8, 4) is 0 Å². The van der Waals surface area contributed by atoms with Gasteiger partial charge in [-0.05, 0) is 56.9 Å². The van der Waals surface area contributed by atoms with E-state index < -0.39 is 10.0 Å². The first-order valence-corrected chi connectivity index (χ1v) is 10.2. The third kappa shape index (κ3) is 3.42. The van der Waals surface area contributed by atoms with Crippen molar-refractivity contribution < 1.29 is 8.42 Å². The Labute approximate surface area is 145 Å². The molecule has 0 amide bonds. The van der Waals surface area contributed by atoms with E-state index in [4.69, 9.17) is 0 Å². The molecule has 0 N–H and O–H groups in total. The van der Waals surface area contributed by atoms with Gasteiger partial charge in [-0.15, -0.1) is 0 Å². The fourth-order valence-corrected chi connectivity index (χ4v) is 5.36. The molecule has 4 nitrogen and oxygen atoms in total. The number of nitrogens with zero attached hydrogens (tertiary/aromatic N) is 2. The number of benzene rings is 1. The maximum atomic E-state index is 12.8. The topological polar surface area (TPSA) is 42.3 Å². The van der Waals surface area contributed by atoms with Gasteiger partial charge >= 0.3 is 0 Å². The second-order valence-corrected chi connectivity index (χ2v) is 8.77. The fourth-order valence-electron chi connectivity index (χ4n) is 3.69. The standard InChI is InChI=1S/C19H26N2O2S/c1-15-6-4-5-7-18(15)14-24(22,23)20-12-10-19(11-13-20)21-16(2)8-9-17(21)3/h4-9,19H,10-14H2,1-3H3. The molecule has 130 valence electrons. The lowest BCUT2D eigenvalue weighted by molar-refractivity contribution is 0.270. The van der Waals surface area contributed by atoms with Gasteiger partial charge in [0, 0.05) is 30.5 Å². The van der Waals surface area contributed by atoms with Gasteiger partial charge in [-0.2, -0.15) is 0 Å². The minimum absolute atomic E-state index is 0.103. The summed E-state index contributed by atoms with van der Waals surface area (Å²) in [5.41, 5.74) is 4.45. The first kappa shape index (κ1) is 17.2. The Hall–Kier alpha value is -1.59. The van der Waals surface area contributed by atoms with Crippen LogP contribution in [-0.2, 0) is 15.8 Å². The highest BCUT2D eigenvalue weighted by molar-refractivity contribution is 7.88. The largest absolute Gasteiger partial charge is 0.346 e. The van der Waals surface area contributed by atoms with E-state index in [0.29, 0.717) is 19.1 Å². The number of piperidine rings is 1. The van der Waals surface area contributed by atoms with Gasteiger partial charge in [0.1, 0.15) is 0 Å². The van der Waals surface area contributed by atoms with Gasteiger partial charge in [-0.25, -0.2) is 12.7 Å². The van der Waals surface area contributed by atoms with Gasteiger partial charge in [0.2, 0.25) is 10.0 Å². The fraction of sp³-hybridized carbons (Fsp3) is 0.474. The lowest BCUT2D eigenvalue weighted by atomic mass is 10.1. The second kappa shape index (κ2) is 6.73. The van der Waals surface area contributed by atoms with E-state index >= 15 is 0 Å². The van der Waals surface area contributed by atoms with Crippen molar-refractivity contribution >= 4 is 10.0 Å². The molecule has 1 aliphatic rings. The maximum Gasteiger partial charge on any atom is 0.218 e. The number of sulfonamides is 1. The van der Waals surface area contributed by atoms with Gasteiger partial charge in [0.15, 0.2) is 0 Å². The molecule has 3 rings (SSSR count). The van der Waals surface area contributed by atoms with Crippen molar-refractivity contribution in [1.29, 1.82) is 0 Å². The van der Waals surface area contributed by atoms with Crippen LogP contribution >= 0.6 is 0 Å². The number of aryl methyl sites for hydroxylation is 3. The smallest absolute Gasteiger partial charge is 0.218 e. The second-order valence-electron chi connectivity index (χ2n) is 6.80. The van der Waals surface area contributed by atoms with E-state index in [9.17, 15) is 8.42 Å². The van der Waals surface area contributed by atoms with Gasteiger partial charge < -0.3 is 4.57 Å². The molecule has 5 heteroatoms. The monoisotopic (exact) mass is 346 g/mol. The Morgan fingerprint density at radius 1 is 0.958 bits per heavy atom. The molecule has 1 aliphatic heterocycles. The van der Waals surface area contributed by atoms with Crippen LogP contribution in [-0.4, -0.2) is 30.4 Å². The van der Waals surface area contributed by atoms with Crippen molar-refractivity contribution in [2.24, 2.45) is 0 Å². The van der Waals surface area contributed by atoms with Crippen LogP contribution in [0.2, 0.25) is 0 Å². The molecule has 2 aromatic rings. The van der Waals surface area contributed by atoms with E-state index in [-0.39, 0.29) is 5.75 Å². The van der Waals surface area contributed by atoms with Crippen LogP contribution in [0.5, 0.6) is 0 Å². The average Bonchev–Trinajstić information content (AvgIpc) is 2.88. The molecule has 0 radical (unpaired) electrons. The van der Waals surface area contributed by atoms with Crippen LogP contribution < -0.4 is 0 Å².